The quantitative estimate of drug-likeness (QED) is 0.701. The average Bonchev–Trinajstić information content (AvgIpc) is 3.18. The number of anilines is 1. The molecule has 1 aliphatic heterocycles. The number of benzene rings is 2. The van der Waals surface area contributed by atoms with E-state index in [2.05, 4.69) is 17.2 Å². The SMILES string of the molecule is CCSc1ccccc1C(=O)Nc1nc2cc3c(cc2s1)OCO3. The average molecular weight is 358 g/mol. The molecule has 0 aliphatic carbocycles. The van der Waals surface area contributed by atoms with Gasteiger partial charge in [0.2, 0.25) is 6.79 Å². The molecule has 2 heterocycles. The maximum atomic E-state index is 12.6. The predicted molar refractivity (Wildman–Crippen MR) is 96.5 cm³/mol. The number of thiazole rings is 1. The fourth-order valence-electron chi connectivity index (χ4n) is 2.47. The monoisotopic (exact) mass is 358 g/mol. The number of hydrogen-bond donors (Lipinski definition) is 1. The highest BCUT2D eigenvalue weighted by Gasteiger charge is 2.18. The lowest BCUT2D eigenvalue weighted by Gasteiger charge is -2.07. The summed E-state index contributed by atoms with van der Waals surface area (Å²) < 4.78 is 11.7. The number of thioether (sulfide) groups is 1. The maximum Gasteiger partial charge on any atom is 0.258 e. The van der Waals surface area contributed by atoms with Gasteiger partial charge < -0.3 is 9.47 Å². The zero-order valence-corrected chi connectivity index (χ0v) is 14.5. The third kappa shape index (κ3) is 2.81. The van der Waals surface area contributed by atoms with Gasteiger partial charge in [-0.1, -0.05) is 30.4 Å². The second kappa shape index (κ2) is 6.33. The number of carbonyl (C=O) groups excluding carboxylic acids is 1. The van der Waals surface area contributed by atoms with E-state index in [0.29, 0.717) is 22.2 Å². The van der Waals surface area contributed by atoms with Gasteiger partial charge in [0.05, 0.1) is 15.8 Å². The number of aromatic nitrogens is 1. The number of hydrogen-bond acceptors (Lipinski definition) is 6. The summed E-state index contributed by atoms with van der Waals surface area (Å²) in [5.74, 6) is 2.17. The van der Waals surface area contributed by atoms with E-state index < -0.39 is 0 Å². The molecule has 1 aliphatic rings. The Hall–Kier alpha value is -2.25. The molecule has 0 spiro atoms. The molecule has 0 radical (unpaired) electrons. The fraction of sp³-hybridized carbons (Fsp3) is 0.176. The summed E-state index contributed by atoms with van der Waals surface area (Å²) in [7, 11) is 0. The molecule has 0 saturated carbocycles. The number of fused-ring (bicyclic) bond motifs is 2. The molecule has 1 amide bonds. The lowest BCUT2D eigenvalue weighted by molar-refractivity contribution is 0.102. The van der Waals surface area contributed by atoms with Crippen molar-refractivity contribution in [1.82, 2.24) is 4.98 Å². The highest BCUT2D eigenvalue weighted by molar-refractivity contribution is 7.99. The summed E-state index contributed by atoms with van der Waals surface area (Å²) in [6.07, 6.45) is 0. The van der Waals surface area contributed by atoms with E-state index in [-0.39, 0.29) is 12.7 Å². The van der Waals surface area contributed by atoms with Crippen molar-refractivity contribution >= 4 is 44.4 Å². The second-order valence-corrected chi connectivity index (χ2v) is 7.41. The van der Waals surface area contributed by atoms with E-state index in [4.69, 9.17) is 9.47 Å². The molecular weight excluding hydrogens is 344 g/mol. The summed E-state index contributed by atoms with van der Waals surface area (Å²) in [5.41, 5.74) is 1.45. The minimum Gasteiger partial charge on any atom is -0.454 e. The number of carbonyl (C=O) groups is 1. The summed E-state index contributed by atoms with van der Waals surface area (Å²) in [6, 6.07) is 11.3. The van der Waals surface area contributed by atoms with Crippen LogP contribution in [0, 0.1) is 0 Å². The van der Waals surface area contributed by atoms with Gasteiger partial charge in [-0.05, 0) is 17.9 Å². The number of amides is 1. The van der Waals surface area contributed by atoms with Gasteiger partial charge >= 0.3 is 0 Å². The van der Waals surface area contributed by atoms with Crippen LogP contribution in [0.5, 0.6) is 11.5 Å². The Morgan fingerprint density at radius 2 is 2.08 bits per heavy atom. The normalized spacial score (nSPS) is 12.5. The van der Waals surface area contributed by atoms with Crippen LogP contribution < -0.4 is 14.8 Å². The molecule has 0 fully saturated rings. The first-order valence-electron chi connectivity index (χ1n) is 7.48. The van der Waals surface area contributed by atoms with Crippen molar-refractivity contribution in [2.24, 2.45) is 0 Å². The molecule has 4 rings (SSSR count). The van der Waals surface area contributed by atoms with Crippen LogP contribution in [-0.2, 0) is 0 Å². The molecule has 0 bridgehead atoms. The van der Waals surface area contributed by atoms with Crippen LogP contribution in [0.3, 0.4) is 0 Å². The van der Waals surface area contributed by atoms with Crippen LogP contribution in [-0.4, -0.2) is 23.4 Å². The van der Waals surface area contributed by atoms with Crippen LogP contribution >= 0.6 is 23.1 Å². The Kier molecular flexibility index (Phi) is 4.03. The van der Waals surface area contributed by atoms with Gasteiger partial charge in [-0.15, -0.1) is 11.8 Å². The first-order valence-corrected chi connectivity index (χ1v) is 9.28. The van der Waals surface area contributed by atoms with Crippen LogP contribution in [0.4, 0.5) is 5.13 Å². The van der Waals surface area contributed by atoms with Crippen molar-refractivity contribution in [2.75, 3.05) is 17.9 Å². The van der Waals surface area contributed by atoms with Gasteiger partial charge in [-0.2, -0.15) is 0 Å². The summed E-state index contributed by atoms with van der Waals surface area (Å²) in [5, 5.41) is 3.46. The second-order valence-electron chi connectivity index (χ2n) is 5.08. The highest BCUT2D eigenvalue weighted by Crippen LogP contribution is 2.39. The zero-order chi connectivity index (χ0) is 16.5. The Labute approximate surface area is 147 Å². The van der Waals surface area contributed by atoms with Crippen molar-refractivity contribution in [3.05, 3.63) is 42.0 Å². The molecule has 5 nitrogen and oxygen atoms in total. The number of ether oxygens (including phenoxy) is 2. The van der Waals surface area contributed by atoms with Crippen molar-refractivity contribution < 1.29 is 14.3 Å². The van der Waals surface area contributed by atoms with E-state index in [1.165, 1.54) is 11.3 Å². The standard InChI is InChI=1S/C17H14N2O3S2/c1-2-23-14-6-4-3-5-10(14)16(20)19-17-18-11-7-12-13(22-9-21-12)8-15(11)24-17/h3-8H,2,9H2,1H3,(H,18,19,20). The molecule has 0 unspecified atom stereocenters. The van der Waals surface area contributed by atoms with Crippen molar-refractivity contribution in [1.29, 1.82) is 0 Å². The number of nitrogens with zero attached hydrogens (tertiary/aromatic N) is 1. The zero-order valence-electron chi connectivity index (χ0n) is 12.9. The third-order valence-corrected chi connectivity index (χ3v) is 5.42. The summed E-state index contributed by atoms with van der Waals surface area (Å²) >= 11 is 3.07. The molecule has 1 N–H and O–H groups in total. The fourth-order valence-corrected chi connectivity index (χ4v) is 4.14. The summed E-state index contributed by atoms with van der Waals surface area (Å²) in [4.78, 5) is 18.0. The van der Waals surface area contributed by atoms with Gasteiger partial charge in [0.25, 0.3) is 5.91 Å². The van der Waals surface area contributed by atoms with Gasteiger partial charge in [-0.3, -0.25) is 10.1 Å². The van der Waals surface area contributed by atoms with Crippen LogP contribution in [0.2, 0.25) is 0 Å². The van der Waals surface area contributed by atoms with Crippen LogP contribution in [0.25, 0.3) is 10.2 Å². The van der Waals surface area contributed by atoms with Crippen molar-refractivity contribution in [2.45, 2.75) is 11.8 Å². The molecule has 122 valence electrons. The predicted octanol–water partition coefficient (Wildman–Crippen LogP) is 4.39. The topological polar surface area (TPSA) is 60.5 Å². The van der Waals surface area contributed by atoms with E-state index in [1.807, 2.05) is 36.4 Å². The minimum atomic E-state index is -0.148. The lowest BCUT2D eigenvalue weighted by atomic mass is 10.2. The molecule has 24 heavy (non-hydrogen) atoms. The molecule has 0 atom stereocenters. The van der Waals surface area contributed by atoms with Gasteiger partial charge in [0, 0.05) is 17.0 Å². The molecule has 3 aromatic rings. The third-order valence-electron chi connectivity index (χ3n) is 3.53. The number of rotatable bonds is 4. The first kappa shape index (κ1) is 15.3. The minimum absolute atomic E-state index is 0.148. The van der Waals surface area contributed by atoms with Crippen LogP contribution in [0.1, 0.15) is 17.3 Å². The Balaban J connectivity index is 1.61. The molecule has 2 aromatic carbocycles. The van der Waals surface area contributed by atoms with E-state index in [1.54, 1.807) is 11.8 Å². The van der Waals surface area contributed by atoms with Crippen molar-refractivity contribution in [3.63, 3.8) is 0 Å². The number of nitrogens with one attached hydrogen (secondary N) is 1. The molecule has 7 heteroatoms. The largest absolute Gasteiger partial charge is 0.454 e. The van der Waals surface area contributed by atoms with Gasteiger partial charge in [-0.25, -0.2) is 4.98 Å². The van der Waals surface area contributed by atoms with Gasteiger partial charge in [0.1, 0.15) is 0 Å². The molecule has 0 saturated heterocycles. The first-order chi connectivity index (χ1) is 11.7. The Morgan fingerprint density at radius 1 is 1.29 bits per heavy atom. The van der Waals surface area contributed by atoms with Crippen LogP contribution in [0.15, 0.2) is 41.3 Å². The van der Waals surface area contributed by atoms with E-state index >= 15 is 0 Å². The Bertz CT molecular complexity index is 882. The van der Waals surface area contributed by atoms with Crippen molar-refractivity contribution in [3.8, 4) is 11.5 Å². The van der Waals surface area contributed by atoms with Gasteiger partial charge in [0.15, 0.2) is 16.6 Å². The smallest absolute Gasteiger partial charge is 0.258 e. The molecule has 1 aromatic heterocycles. The highest BCUT2D eigenvalue weighted by atomic mass is 32.2. The molecular formula is C17H14N2O3S2. The summed E-state index contributed by atoms with van der Waals surface area (Å²) in [6.45, 7) is 2.30. The van der Waals surface area contributed by atoms with E-state index in [9.17, 15) is 4.79 Å². The lowest BCUT2D eigenvalue weighted by Crippen LogP contribution is -2.12. The van der Waals surface area contributed by atoms with E-state index in [0.717, 1.165) is 20.9 Å². The Morgan fingerprint density at radius 3 is 2.92 bits per heavy atom. The maximum absolute atomic E-state index is 12.6.